The Morgan fingerprint density at radius 3 is 2.56 bits per heavy atom. The van der Waals surface area contributed by atoms with Crippen molar-refractivity contribution in [1.29, 1.82) is 0 Å². The number of aromatic nitrogens is 1. The van der Waals surface area contributed by atoms with Crippen LogP contribution in [0.15, 0.2) is 45.5 Å². The molecule has 0 unspecified atom stereocenters. The number of nitrogens with zero attached hydrogens (tertiary/aromatic N) is 1. The average molecular weight is 631 g/mol. The molecular weight excluding hydrogens is 582 g/mol. The van der Waals surface area contributed by atoms with E-state index in [9.17, 15) is 5.11 Å². The van der Waals surface area contributed by atoms with Crippen molar-refractivity contribution < 1.29 is 32.9 Å². The molecule has 1 aliphatic heterocycles. The summed E-state index contributed by atoms with van der Waals surface area (Å²) in [5.41, 5.74) is 1.52. The normalized spacial score (nSPS) is 25.1. The summed E-state index contributed by atoms with van der Waals surface area (Å²) >= 11 is 3.32. The van der Waals surface area contributed by atoms with Gasteiger partial charge in [0, 0.05) is 34.2 Å². The molecule has 0 spiro atoms. The van der Waals surface area contributed by atoms with Crippen LogP contribution in [0.1, 0.15) is 58.5 Å². The van der Waals surface area contributed by atoms with Crippen LogP contribution in [0.4, 0.5) is 0 Å². The van der Waals surface area contributed by atoms with Crippen molar-refractivity contribution in [2.75, 3.05) is 21.3 Å². The second-order valence-electron chi connectivity index (χ2n) is 11.6. The topological polar surface area (TPSA) is 92.4 Å². The third-order valence-electron chi connectivity index (χ3n) is 7.65. The van der Waals surface area contributed by atoms with E-state index in [-0.39, 0.29) is 42.5 Å². The van der Waals surface area contributed by atoms with E-state index in [1.165, 1.54) is 6.26 Å². The van der Waals surface area contributed by atoms with Crippen LogP contribution in [0.25, 0.3) is 0 Å². The van der Waals surface area contributed by atoms with Crippen molar-refractivity contribution in [2.24, 2.45) is 0 Å². The molecule has 2 heterocycles. The Balaban J connectivity index is 2.43. The van der Waals surface area contributed by atoms with Crippen LogP contribution in [0, 0.1) is 0 Å². The van der Waals surface area contributed by atoms with Crippen LogP contribution < -0.4 is 0 Å². The summed E-state index contributed by atoms with van der Waals surface area (Å²) < 4.78 is 36.8. The van der Waals surface area contributed by atoms with Gasteiger partial charge in [0.1, 0.15) is 12.0 Å². The fourth-order valence-corrected chi connectivity index (χ4v) is 5.71. The van der Waals surface area contributed by atoms with Gasteiger partial charge in [-0.1, -0.05) is 66.6 Å². The molecule has 0 aliphatic carbocycles. The molecular formula is C29H48BrNO7Si. The van der Waals surface area contributed by atoms with E-state index in [0.29, 0.717) is 24.4 Å². The lowest BCUT2D eigenvalue weighted by molar-refractivity contribution is -0.297. The van der Waals surface area contributed by atoms with Gasteiger partial charge in [-0.15, -0.1) is 0 Å². The number of oxazole rings is 1. The van der Waals surface area contributed by atoms with E-state index in [1.807, 2.05) is 11.1 Å². The lowest BCUT2D eigenvalue weighted by Gasteiger charge is -2.47. The number of halogens is 1. The summed E-state index contributed by atoms with van der Waals surface area (Å²) in [5.74, 6) is -0.576. The number of aliphatic hydroxyl groups excluding tert-OH is 1. The van der Waals surface area contributed by atoms with E-state index in [0.717, 1.165) is 12.0 Å². The summed E-state index contributed by atoms with van der Waals surface area (Å²) in [6.07, 6.45) is 11.2. The molecule has 222 valence electrons. The highest BCUT2D eigenvalue weighted by molar-refractivity contribution is 9.11. The summed E-state index contributed by atoms with van der Waals surface area (Å²) in [5, 5.41) is 9.44. The maximum absolute atomic E-state index is 9.42. The fourth-order valence-electron chi connectivity index (χ4n) is 4.24. The molecule has 1 aliphatic rings. The number of allylic oxidation sites excluding steroid dienone is 2. The zero-order valence-corrected chi connectivity index (χ0v) is 27.6. The molecule has 1 aromatic heterocycles. The third-order valence-corrected chi connectivity index (χ3v) is 12.5. The molecule has 1 fully saturated rings. The largest absolute Gasteiger partial charge is 0.448 e. The zero-order chi connectivity index (χ0) is 29.3. The molecule has 8 nitrogen and oxygen atoms in total. The minimum absolute atomic E-state index is 0.0123. The summed E-state index contributed by atoms with van der Waals surface area (Å²) in [7, 11) is 2.87. The molecule has 1 saturated heterocycles. The second-order valence-corrected chi connectivity index (χ2v) is 16.9. The molecule has 0 bridgehead atoms. The van der Waals surface area contributed by atoms with E-state index >= 15 is 0 Å². The van der Waals surface area contributed by atoms with Crippen LogP contribution in [-0.4, -0.2) is 69.9 Å². The van der Waals surface area contributed by atoms with Crippen LogP contribution in [0.2, 0.25) is 18.1 Å². The maximum Gasteiger partial charge on any atom is 0.199 e. The van der Waals surface area contributed by atoms with E-state index < -0.39 is 14.1 Å². The van der Waals surface area contributed by atoms with Crippen LogP contribution >= 0.6 is 15.9 Å². The van der Waals surface area contributed by atoms with Gasteiger partial charge in [-0.3, -0.25) is 0 Å². The van der Waals surface area contributed by atoms with Crippen LogP contribution in [0.3, 0.4) is 0 Å². The molecule has 0 saturated carbocycles. The van der Waals surface area contributed by atoms with Gasteiger partial charge in [0.15, 0.2) is 20.0 Å². The first-order valence-corrected chi connectivity index (χ1v) is 17.3. The number of rotatable bonds is 14. The Kier molecular flexibility index (Phi) is 13.3. The molecule has 0 radical (unpaired) electrons. The SMILES string of the molecule is CO[C@@H]1C[C@H]([C@@H](/C=C(C)/C=C/[C@@H](C/C=C/Br)OC)O[Si](C)(C)C(C)(C)C)O[C@@](Cc2nc(CO)co2)(OC)C1. The first-order chi connectivity index (χ1) is 18.3. The van der Waals surface area contributed by atoms with Crippen molar-refractivity contribution >= 4 is 24.2 Å². The third kappa shape index (κ3) is 10.0. The lowest BCUT2D eigenvalue weighted by Crippen LogP contribution is -2.55. The van der Waals surface area contributed by atoms with Crippen LogP contribution in [-0.2, 0) is 36.4 Å². The van der Waals surface area contributed by atoms with Gasteiger partial charge in [0.25, 0.3) is 0 Å². The highest BCUT2D eigenvalue weighted by Crippen LogP contribution is 2.41. The Morgan fingerprint density at radius 2 is 2.03 bits per heavy atom. The highest BCUT2D eigenvalue weighted by Gasteiger charge is 2.48. The van der Waals surface area contributed by atoms with Gasteiger partial charge < -0.3 is 32.9 Å². The van der Waals surface area contributed by atoms with E-state index in [1.54, 1.807) is 21.3 Å². The minimum atomic E-state index is -2.18. The average Bonchev–Trinajstić information content (AvgIpc) is 3.34. The summed E-state index contributed by atoms with van der Waals surface area (Å²) in [4.78, 5) is 6.21. The predicted molar refractivity (Wildman–Crippen MR) is 159 cm³/mol. The Hall–Kier alpha value is -1.11. The maximum atomic E-state index is 9.42. The number of methoxy groups -OCH3 is 3. The van der Waals surface area contributed by atoms with E-state index in [4.69, 9.17) is 27.8 Å². The van der Waals surface area contributed by atoms with E-state index in [2.05, 4.69) is 79.9 Å². The van der Waals surface area contributed by atoms with Gasteiger partial charge in [-0.2, -0.15) is 0 Å². The molecule has 39 heavy (non-hydrogen) atoms. The summed E-state index contributed by atoms with van der Waals surface area (Å²) in [6.45, 7) is 13.1. The van der Waals surface area contributed by atoms with Gasteiger partial charge in [-0.25, -0.2) is 4.98 Å². The Bertz CT molecular complexity index is 971. The second kappa shape index (κ2) is 15.2. The Labute approximate surface area is 244 Å². The quantitative estimate of drug-likeness (QED) is 0.185. The predicted octanol–water partition coefficient (Wildman–Crippen LogP) is 6.45. The molecule has 1 aromatic rings. The van der Waals surface area contributed by atoms with Gasteiger partial charge >= 0.3 is 0 Å². The number of hydrogen-bond donors (Lipinski definition) is 1. The summed E-state index contributed by atoms with van der Waals surface area (Å²) in [6, 6.07) is 0. The molecule has 0 aromatic carbocycles. The van der Waals surface area contributed by atoms with Crippen molar-refractivity contribution in [1.82, 2.24) is 4.98 Å². The molecule has 2 rings (SSSR count). The molecule has 1 N–H and O–H groups in total. The minimum Gasteiger partial charge on any atom is -0.448 e. The standard InChI is InChI=1S/C29H48BrNO7Si/c1-21(12-13-23(33-5)11-10-14-30)15-26(38-39(8,9)28(2,3)4)25-16-24(34-6)17-29(35-7,37-25)18-27-31-22(19-32)20-36-27/h10,12-15,20,23-26,32H,11,16-19H2,1-9H3/b13-12+,14-10+,21-15+/t23-,24-,25-,26-,29+/m1/s1. The number of aliphatic hydroxyl groups is 1. The number of ether oxygens (including phenoxy) is 4. The van der Waals surface area contributed by atoms with Crippen molar-refractivity contribution in [3.05, 3.63) is 52.7 Å². The highest BCUT2D eigenvalue weighted by atomic mass is 79.9. The zero-order valence-electron chi connectivity index (χ0n) is 25.0. The molecule has 0 amide bonds. The molecule has 10 heteroatoms. The lowest BCUT2D eigenvalue weighted by atomic mass is 9.92. The fraction of sp³-hybridized carbons (Fsp3) is 0.690. The van der Waals surface area contributed by atoms with Crippen molar-refractivity contribution in [2.45, 2.75) is 108 Å². The first kappa shape index (κ1) is 34.1. The van der Waals surface area contributed by atoms with Crippen molar-refractivity contribution in [3.8, 4) is 0 Å². The Morgan fingerprint density at radius 1 is 1.31 bits per heavy atom. The molecule has 5 atom stereocenters. The van der Waals surface area contributed by atoms with Gasteiger partial charge in [-0.05, 0) is 36.5 Å². The number of hydrogen-bond acceptors (Lipinski definition) is 8. The van der Waals surface area contributed by atoms with Gasteiger partial charge in [0.2, 0.25) is 0 Å². The van der Waals surface area contributed by atoms with Crippen molar-refractivity contribution in [3.63, 3.8) is 0 Å². The first-order valence-electron chi connectivity index (χ1n) is 13.4. The van der Waals surface area contributed by atoms with Crippen LogP contribution in [0.5, 0.6) is 0 Å². The monoisotopic (exact) mass is 629 g/mol. The smallest absolute Gasteiger partial charge is 0.199 e. The van der Waals surface area contributed by atoms with Gasteiger partial charge in [0.05, 0.1) is 37.4 Å².